The zero-order chi connectivity index (χ0) is 22.0. The van der Waals surface area contributed by atoms with Crippen LogP contribution in [0.4, 0.5) is 10.5 Å². The van der Waals surface area contributed by atoms with E-state index >= 15 is 0 Å². The fourth-order valence-electron chi connectivity index (χ4n) is 3.69. The van der Waals surface area contributed by atoms with Crippen molar-refractivity contribution in [2.24, 2.45) is 5.10 Å². The molecule has 0 saturated carbocycles. The average Bonchev–Trinajstić information content (AvgIpc) is 3.16. The molecule has 1 N–H and O–H groups in total. The van der Waals surface area contributed by atoms with Gasteiger partial charge in [-0.05, 0) is 49.6 Å². The van der Waals surface area contributed by atoms with Crippen LogP contribution in [0.15, 0.2) is 41.5 Å². The first-order valence-electron chi connectivity index (χ1n) is 10.3. The van der Waals surface area contributed by atoms with Crippen LogP contribution in [0.5, 0.6) is 11.5 Å². The minimum absolute atomic E-state index is 0.00795. The largest absolute Gasteiger partial charge is 0.454 e. The van der Waals surface area contributed by atoms with E-state index in [1.165, 1.54) is 17.1 Å². The molecule has 2 aliphatic rings. The zero-order valence-corrected chi connectivity index (χ0v) is 17.5. The number of rotatable bonds is 5. The molecule has 2 amide bonds. The highest BCUT2D eigenvalue weighted by molar-refractivity contribution is 6.14. The highest BCUT2D eigenvalue weighted by atomic mass is 16.7. The first kappa shape index (κ1) is 20.6. The van der Waals surface area contributed by atoms with Crippen LogP contribution in [0.3, 0.4) is 0 Å². The van der Waals surface area contributed by atoms with Crippen LogP contribution in [0, 0.1) is 10.1 Å². The number of benzene rings is 2. The normalized spacial score (nSPS) is 16.9. The molecule has 0 radical (unpaired) electrons. The van der Waals surface area contributed by atoms with Gasteiger partial charge in [0, 0.05) is 29.8 Å². The Kier molecular flexibility index (Phi) is 5.75. The van der Waals surface area contributed by atoms with Gasteiger partial charge in [-0.25, -0.2) is 9.80 Å². The zero-order valence-electron chi connectivity index (χ0n) is 17.5. The Hall–Kier alpha value is -3.62. The van der Waals surface area contributed by atoms with Gasteiger partial charge in [0.15, 0.2) is 11.5 Å². The molecule has 2 aromatic carbocycles. The highest BCUT2D eigenvalue weighted by Gasteiger charge is 2.29. The van der Waals surface area contributed by atoms with Crippen molar-refractivity contribution in [2.45, 2.75) is 39.2 Å². The number of urea groups is 1. The monoisotopic (exact) mass is 424 g/mol. The molecule has 0 bridgehead atoms. The SMILES string of the molecule is CCCCNC(=O)N1N=C(c2ccc([N+](=O)[O-])cc2)c2cc3c(cc2CC1C)OCO3. The number of hydrazone groups is 1. The van der Waals surface area contributed by atoms with Gasteiger partial charge >= 0.3 is 6.03 Å². The van der Waals surface area contributed by atoms with E-state index in [9.17, 15) is 14.9 Å². The summed E-state index contributed by atoms with van der Waals surface area (Å²) in [4.78, 5) is 23.5. The maximum atomic E-state index is 12.9. The summed E-state index contributed by atoms with van der Waals surface area (Å²) in [7, 11) is 0. The summed E-state index contributed by atoms with van der Waals surface area (Å²) in [5, 5.41) is 20.2. The first-order valence-corrected chi connectivity index (χ1v) is 10.3. The Labute approximate surface area is 179 Å². The molecule has 162 valence electrons. The topological polar surface area (TPSA) is 106 Å². The number of carbonyl (C=O) groups is 1. The van der Waals surface area contributed by atoms with Crippen LogP contribution in [-0.2, 0) is 6.42 Å². The summed E-state index contributed by atoms with van der Waals surface area (Å²) >= 11 is 0. The van der Waals surface area contributed by atoms with E-state index in [1.54, 1.807) is 12.1 Å². The maximum absolute atomic E-state index is 12.9. The van der Waals surface area contributed by atoms with Crippen LogP contribution in [-0.4, -0.2) is 41.1 Å². The van der Waals surface area contributed by atoms with Crippen LogP contribution in [0.25, 0.3) is 0 Å². The summed E-state index contributed by atoms with van der Waals surface area (Å²) in [5.74, 6) is 1.27. The Morgan fingerprint density at radius 3 is 2.65 bits per heavy atom. The number of non-ortho nitro benzene ring substituents is 1. The second-order valence-electron chi connectivity index (χ2n) is 7.60. The van der Waals surface area contributed by atoms with Crippen molar-refractivity contribution >= 4 is 17.4 Å². The molecule has 9 nitrogen and oxygen atoms in total. The number of ether oxygens (including phenoxy) is 2. The van der Waals surface area contributed by atoms with Crippen LogP contribution in [0.1, 0.15) is 43.4 Å². The third-order valence-corrected chi connectivity index (χ3v) is 5.36. The number of fused-ring (bicyclic) bond motifs is 2. The lowest BCUT2D eigenvalue weighted by molar-refractivity contribution is -0.384. The average molecular weight is 424 g/mol. The number of hydrogen-bond donors (Lipinski definition) is 1. The summed E-state index contributed by atoms with van der Waals surface area (Å²) in [6.45, 7) is 4.73. The Morgan fingerprint density at radius 1 is 1.26 bits per heavy atom. The molecule has 31 heavy (non-hydrogen) atoms. The molecular formula is C22H24N4O5. The smallest absolute Gasteiger partial charge is 0.338 e. The van der Waals surface area contributed by atoms with E-state index < -0.39 is 4.92 Å². The molecular weight excluding hydrogens is 400 g/mol. The Balaban J connectivity index is 1.78. The van der Waals surface area contributed by atoms with Crippen LogP contribution >= 0.6 is 0 Å². The summed E-state index contributed by atoms with van der Waals surface area (Å²) in [6, 6.07) is 9.48. The first-order chi connectivity index (χ1) is 15.0. The van der Waals surface area contributed by atoms with Crippen LogP contribution < -0.4 is 14.8 Å². The second-order valence-corrected chi connectivity index (χ2v) is 7.60. The standard InChI is InChI=1S/C22H24N4O5/c1-3-4-9-23-22(27)25-14(2)10-16-11-19-20(31-13-30-19)12-18(16)21(24-25)15-5-7-17(8-6-15)26(28)29/h5-8,11-12,14H,3-4,9-10,13H2,1-2H3,(H,23,27). The molecule has 2 aliphatic heterocycles. The lowest BCUT2D eigenvalue weighted by Gasteiger charge is -2.23. The van der Waals surface area contributed by atoms with Gasteiger partial charge in [0.05, 0.1) is 16.7 Å². The van der Waals surface area contributed by atoms with E-state index in [4.69, 9.17) is 14.6 Å². The lowest BCUT2D eigenvalue weighted by atomic mass is 9.94. The molecule has 2 heterocycles. The van der Waals surface area contributed by atoms with Crippen LogP contribution in [0.2, 0.25) is 0 Å². The molecule has 1 atom stereocenters. The van der Waals surface area contributed by atoms with Crippen molar-refractivity contribution in [3.63, 3.8) is 0 Å². The number of carbonyl (C=O) groups excluding carboxylic acids is 1. The molecule has 0 aromatic heterocycles. The number of nitro benzene ring substituents is 1. The molecule has 2 aromatic rings. The molecule has 9 heteroatoms. The third-order valence-electron chi connectivity index (χ3n) is 5.36. The summed E-state index contributed by atoms with van der Waals surface area (Å²) in [5.41, 5.74) is 3.00. The van der Waals surface area contributed by atoms with Crippen molar-refractivity contribution < 1.29 is 19.2 Å². The van der Waals surface area contributed by atoms with Gasteiger partial charge in [-0.1, -0.05) is 13.3 Å². The van der Waals surface area contributed by atoms with E-state index in [2.05, 4.69) is 12.2 Å². The highest BCUT2D eigenvalue weighted by Crippen LogP contribution is 2.37. The van der Waals surface area contributed by atoms with Gasteiger partial charge in [-0.2, -0.15) is 5.10 Å². The van der Waals surface area contributed by atoms with Gasteiger partial charge in [-0.3, -0.25) is 10.1 Å². The number of nitro groups is 1. The minimum atomic E-state index is -0.444. The predicted octanol–water partition coefficient (Wildman–Crippen LogP) is 3.83. The van der Waals surface area contributed by atoms with E-state index in [-0.39, 0.29) is 24.6 Å². The fourth-order valence-corrected chi connectivity index (χ4v) is 3.69. The summed E-state index contributed by atoms with van der Waals surface area (Å²) < 4.78 is 11.1. The molecule has 0 fully saturated rings. The van der Waals surface area contributed by atoms with Crippen molar-refractivity contribution in [3.8, 4) is 11.5 Å². The number of nitrogens with zero attached hydrogens (tertiary/aromatic N) is 3. The summed E-state index contributed by atoms with van der Waals surface area (Å²) in [6.07, 6.45) is 2.44. The lowest BCUT2D eigenvalue weighted by Crippen LogP contribution is -2.42. The minimum Gasteiger partial charge on any atom is -0.454 e. The van der Waals surface area contributed by atoms with E-state index in [0.29, 0.717) is 35.7 Å². The second kappa shape index (κ2) is 8.63. The van der Waals surface area contributed by atoms with E-state index in [1.807, 2.05) is 19.1 Å². The van der Waals surface area contributed by atoms with Crippen molar-refractivity contribution in [1.29, 1.82) is 0 Å². The van der Waals surface area contributed by atoms with Gasteiger partial charge < -0.3 is 14.8 Å². The third kappa shape index (κ3) is 4.16. The molecule has 0 saturated heterocycles. The number of unbranched alkanes of at least 4 members (excludes halogenated alkanes) is 1. The Bertz CT molecular complexity index is 1030. The Morgan fingerprint density at radius 2 is 1.97 bits per heavy atom. The fraction of sp³-hybridized carbons (Fsp3) is 0.364. The number of nitrogens with one attached hydrogen (secondary N) is 1. The van der Waals surface area contributed by atoms with Crippen molar-refractivity contribution in [2.75, 3.05) is 13.3 Å². The van der Waals surface area contributed by atoms with Crippen molar-refractivity contribution in [1.82, 2.24) is 10.3 Å². The molecule has 1 unspecified atom stereocenters. The molecule has 0 spiro atoms. The molecule has 4 rings (SSSR count). The van der Waals surface area contributed by atoms with Gasteiger partial charge in [-0.15, -0.1) is 0 Å². The van der Waals surface area contributed by atoms with Gasteiger partial charge in [0.2, 0.25) is 6.79 Å². The van der Waals surface area contributed by atoms with E-state index in [0.717, 1.165) is 24.0 Å². The van der Waals surface area contributed by atoms with Crippen molar-refractivity contribution in [3.05, 3.63) is 63.2 Å². The van der Waals surface area contributed by atoms with Gasteiger partial charge in [0.1, 0.15) is 0 Å². The predicted molar refractivity (Wildman–Crippen MR) is 115 cm³/mol. The maximum Gasteiger partial charge on any atom is 0.338 e. The number of hydrogen-bond acceptors (Lipinski definition) is 6. The van der Waals surface area contributed by atoms with Gasteiger partial charge in [0.25, 0.3) is 5.69 Å². The molecule has 0 aliphatic carbocycles. The quantitative estimate of drug-likeness (QED) is 0.446. The number of amides is 2.